The van der Waals surface area contributed by atoms with Crippen molar-refractivity contribution in [2.75, 3.05) is 17.7 Å². The molecule has 206 valence electrons. The van der Waals surface area contributed by atoms with Crippen LogP contribution in [-0.2, 0) is 6.54 Å². The van der Waals surface area contributed by atoms with E-state index in [1.165, 1.54) is 49.6 Å². The molecule has 1 aromatic heterocycles. The van der Waals surface area contributed by atoms with Crippen molar-refractivity contribution in [3.05, 3.63) is 145 Å². The van der Waals surface area contributed by atoms with Crippen LogP contribution in [-0.4, -0.2) is 17.3 Å². The number of para-hydroxylation sites is 4. The van der Waals surface area contributed by atoms with Crippen LogP contribution in [0.4, 0.5) is 22.7 Å². The van der Waals surface area contributed by atoms with Gasteiger partial charge in [0.05, 0.1) is 34.7 Å². The van der Waals surface area contributed by atoms with E-state index in [4.69, 9.17) is 4.99 Å². The summed E-state index contributed by atoms with van der Waals surface area (Å²) in [6.45, 7) is 0.731. The van der Waals surface area contributed by atoms with Crippen LogP contribution in [0.2, 0.25) is 0 Å². The van der Waals surface area contributed by atoms with Gasteiger partial charge in [-0.15, -0.1) is 0 Å². The Labute approximate surface area is 251 Å². The number of hydrogen-bond acceptors (Lipinski definition) is 3. The van der Waals surface area contributed by atoms with Gasteiger partial charge < -0.3 is 15.2 Å². The van der Waals surface area contributed by atoms with Crippen molar-refractivity contribution in [1.82, 2.24) is 4.57 Å². The maximum atomic E-state index is 5.16. The summed E-state index contributed by atoms with van der Waals surface area (Å²) < 4.78 is 2.44. The Morgan fingerprint density at radius 2 is 1.30 bits per heavy atom. The zero-order valence-corrected chi connectivity index (χ0v) is 23.9. The molecule has 7 aromatic rings. The molecule has 8 rings (SSSR count). The fourth-order valence-electron chi connectivity index (χ4n) is 6.44. The Morgan fingerprint density at radius 1 is 0.605 bits per heavy atom. The lowest BCUT2D eigenvalue weighted by atomic mass is 9.94. The molecule has 0 bridgehead atoms. The molecule has 0 amide bonds. The Morgan fingerprint density at radius 3 is 2.09 bits per heavy atom. The van der Waals surface area contributed by atoms with E-state index < -0.39 is 0 Å². The minimum atomic E-state index is 0.731. The summed E-state index contributed by atoms with van der Waals surface area (Å²) in [5, 5.41) is 9.53. The Balaban J connectivity index is 1.34. The van der Waals surface area contributed by atoms with Crippen molar-refractivity contribution in [1.29, 1.82) is 0 Å². The second kappa shape index (κ2) is 10.3. The Hall–Kier alpha value is -5.61. The van der Waals surface area contributed by atoms with Crippen LogP contribution < -0.4 is 10.6 Å². The lowest BCUT2D eigenvalue weighted by molar-refractivity contribution is 0.962. The van der Waals surface area contributed by atoms with Gasteiger partial charge in [0.15, 0.2) is 0 Å². The van der Waals surface area contributed by atoms with Gasteiger partial charge in [-0.1, -0.05) is 103 Å². The molecule has 1 aliphatic rings. The highest BCUT2D eigenvalue weighted by Crippen LogP contribution is 2.45. The number of anilines is 3. The second-order valence-electron chi connectivity index (χ2n) is 10.9. The predicted molar refractivity (Wildman–Crippen MR) is 182 cm³/mol. The average molecular weight is 555 g/mol. The molecule has 1 aliphatic heterocycles. The molecule has 4 heteroatoms. The molecular weight excluding hydrogens is 524 g/mol. The third-order valence-electron chi connectivity index (χ3n) is 8.43. The monoisotopic (exact) mass is 554 g/mol. The van der Waals surface area contributed by atoms with Gasteiger partial charge in [-0.05, 0) is 53.1 Å². The topological polar surface area (TPSA) is 41.4 Å². The molecule has 4 nitrogen and oxygen atoms in total. The van der Waals surface area contributed by atoms with E-state index in [9.17, 15) is 0 Å². The van der Waals surface area contributed by atoms with E-state index in [0.29, 0.717) is 0 Å². The first-order chi connectivity index (χ1) is 21.3. The molecule has 0 fully saturated rings. The molecule has 6 aromatic carbocycles. The summed E-state index contributed by atoms with van der Waals surface area (Å²) >= 11 is 0. The third kappa shape index (κ3) is 4.27. The van der Waals surface area contributed by atoms with Crippen molar-refractivity contribution >= 4 is 50.3 Å². The van der Waals surface area contributed by atoms with Gasteiger partial charge in [0.1, 0.15) is 0 Å². The van der Waals surface area contributed by atoms with Crippen molar-refractivity contribution in [2.24, 2.45) is 4.99 Å². The standard InChI is InChI=1S/C39H30N4/c1-40-32-17-8-9-18-33(32)42-35-25-43-36-24-23-34(41-29-13-6-3-7-14-29)37(38(36)31-16-10-15-30(35)39(31)43)28-21-19-27(20-22-28)26-11-4-2-5-12-26/h2-24,40-41H,25H2,1H3/b42-35+. The number of hydrogen-bond donors (Lipinski definition) is 2. The summed E-state index contributed by atoms with van der Waals surface area (Å²) in [4.78, 5) is 5.16. The number of nitrogens with one attached hydrogen (secondary N) is 2. The number of rotatable bonds is 6. The molecule has 2 N–H and O–H groups in total. The van der Waals surface area contributed by atoms with Crippen LogP contribution in [0.5, 0.6) is 0 Å². The average Bonchev–Trinajstić information content (AvgIpc) is 3.60. The Kier molecular flexibility index (Phi) is 6.04. The largest absolute Gasteiger partial charge is 0.386 e. The van der Waals surface area contributed by atoms with Gasteiger partial charge in [-0.25, -0.2) is 4.99 Å². The molecule has 0 aliphatic carbocycles. The van der Waals surface area contributed by atoms with Gasteiger partial charge in [0.25, 0.3) is 0 Å². The van der Waals surface area contributed by atoms with Gasteiger partial charge >= 0.3 is 0 Å². The smallest absolute Gasteiger partial charge is 0.0865 e. The summed E-state index contributed by atoms with van der Waals surface area (Å²) in [5.74, 6) is 0. The number of aromatic nitrogens is 1. The first kappa shape index (κ1) is 25.1. The number of benzene rings is 6. The second-order valence-corrected chi connectivity index (χ2v) is 10.9. The minimum Gasteiger partial charge on any atom is -0.386 e. The maximum Gasteiger partial charge on any atom is 0.0865 e. The summed E-state index contributed by atoms with van der Waals surface area (Å²) in [7, 11) is 1.94. The number of nitrogens with zero attached hydrogens (tertiary/aromatic N) is 2. The van der Waals surface area contributed by atoms with Crippen molar-refractivity contribution in [3.8, 4) is 22.3 Å². The van der Waals surface area contributed by atoms with Crippen LogP contribution in [0.3, 0.4) is 0 Å². The first-order valence-electron chi connectivity index (χ1n) is 14.7. The summed E-state index contributed by atoms with van der Waals surface area (Å²) in [6, 6.07) is 49.3. The van der Waals surface area contributed by atoms with E-state index in [2.05, 4.69) is 137 Å². The molecule has 0 atom stereocenters. The zero-order valence-electron chi connectivity index (χ0n) is 23.9. The Bertz CT molecular complexity index is 2140. The highest BCUT2D eigenvalue weighted by Gasteiger charge is 2.27. The fourth-order valence-corrected chi connectivity index (χ4v) is 6.44. The van der Waals surface area contributed by atoms with E-state index in [1.807, 2.05) is 25.2 Å². The van der Waals surface area contributed by atoms with Crippen molar-refractivity contribution in [2.45, 2.75) is 6.54 Å². The van der Waals surface area contributed by atoms with E-state index in [1.54, 1.807) is 0 Å². The van der Waals surface area contributed by atoms with E-state index in [0.717, 1.165) is 35.0 Å². The van der Waals surface area contributed by atoms with Crippen LogP contribution >= 0.6 is 0 Å². The third-order valence-corrected chi connectivity index (χ3v) is 8.43. The first-order valence-corrected chi connectivity index (χ1v) is 14.7. The van der Waals surface area contributed by atoms with Crippen molar-refractivity contribution < 1.29 is 0 Å². The molecule has 0 unspecified atom stereocenters. The highest BCUT2D eigenvalue weighted by molar-refractivity contribution is 6.25. The molecular formula is C39H30N4. The van der Waals surface area contributed by atoms with Crippen LogP contribution in [0.25, 0.3) is 44.1 Å². The molecule has 0 spiro atoms. The maximum absolute atomic E-state index is 5.16. The SMILES string of the molecule is CNc1ccccc1/N=C1\Cn2c3ccc(Nc4ccccc4)c(-c4ccc(-c5ccccc5)cc4)c3c3cccc1c32. The summed E-state index contributed by atoms with van der Waals surface area (Å²) in [6.07, 6.45) is 0. The fraction of sp³-hybridized carbons (Fsp3) is 0.0513. The van der Waals surface area contributed by atoms with Gasteiger partial charge in [-0.2, -0.15) is 0 Å². The van der Waals surface area contributed by atoms with E-state index in [-0.39, 0.29) is 0 Å². The molecule has 0 saturated heterocycles. The lowest BCUT2D eigenvalue weighted by Crippen LogP contribution is -2.03. The highest BCUT2D eigenvalue weighted by atomic mass is 15.0. The van der Waals surface area contributed by atoms with E-state index >= 15 is 0 Å². The number of aliphatic imine (C=N–C) groups is 1. The van der Waals surface area contributed by atoms with Gasteiger partial charge in [0, 0.05) is 40.3 Å². The molecule has 0 radical (unpaired) electrons. The minimum absolute atomic E-state index is 0.731. The zero-order chi connectivity index (χ0) is 28.8. The van der Waals surface area contributed by atoms with Gasteiger partial charge in [-0.3, -0.25) is 0 Å². The quantitative estimate of drug-likeness (QED) is 0.215. The predicted octanol–water partition coefficient (Wildman–Crippen LogP) is 10.0. The number of fused-ring (bicyclic) bond motifs is 3. The molecule has 43 heavy (non-hydrogen) atoms. The van der Waals surface area contributed by atoms with Crippen LogP contribution in [0, 0.1) is 0 Å². The molecule has 0 saturated carbocycles. The van der Waals surface area contributed by atoms with Gasteiger partial charge in [0.2, 0.25) is 0 Å². The van der Waals surface area contributed by atoms with Crippen LogP contribution in [0.15, 0.2) is 145 Å². The molecule has 2 heterocycles. The summed E-state index contributed by atoms with van der Waals surface area (Å²) in [5.41, 5.74) is 13.7. The lowest BCUT2D eigenvalue weighted by Gasteiger charge is -2.16. The van der Waals surface area contributed by atoms with Crippen molar-refractivity contribution in [3.63, 3.8) is 0 Å². The van der Waals surface area contributed by atoms with Crippen LogP contribution in [0.1, 0.15) is 5.56 Å². The normalized spacial score (nSPS) is 13.2.